The van der Waals surface area contributed by atoms with Crippen molar-refractivity contribution in [3.05, 3.63) is 23.7 Å². The molecule has 0 radical (unpaired) electrons. The number of nitrogen functional groups attached to an aromatic ring is 1. The number of aromatic nitrogens is 1. The van der Waals surface area contributed by atoms with E-state index in [0.29, 0.717) is 0 Å². The molecule has 0 saturated heterocycles. The van der Waals surface area contributed by atoms with Crippen molar-refractivity contribution in [3.63, 3.8) is 0 Å². The lowest BCUT2D eigenvalue weighted by Crippen LogP contribution is -2.19. The maximum absolute atomic E-state index is 11.3. The summed E-state index contributed by atoms with van der Waals surface area (Å²) in [5, 5.41) is 13.2. The molecule has 0 atom stereocenters. The summed E-state index contributed by atoms with van der Waals surface area (Å²) in [4.78, 5) is 15.1. The topological polar surface area (TPSA) is 97.8 Å². The quantitative estimate of drug-likeness (QED) is 0.258. The van der Waals surface area contributed by atoms with Crippen molar-refractivity contribution in [1.29, 1.82) is 0 Å². The van der Waals surface area contributed by atoms with Crippen molar-refractivity contribution in [2.75, 3.05) is 12.3 Å². The predicted octanol–water partition coefficient (Wildman–Crippen LogP) is 0.633. The Morgan fingerprint density at radius 1 is 1.87 bits per heavy atom. The summed E-state index contributed by atoms with van der Waals surface area (Å²) in [5.74, 6) is -0.775. The number of anilines is 1. The van der Waals surface area contributed by atoms with E-state index >= 15 is 0 Å². The summed E-state index contributed by atoms with van der Waals surface area (Å²) < 4.78 is 4.68. The maximum Gasteiger partial charge on any atom is 0.363 e. The first-order valence-corrected chi connectivity index (χ1v) is 4.78. The van der Waals surface area contributed by atoms with Gasteiger partial charge >= 0.3 is 5.97 Å². The molecule has 0 aromatic carbocycles. The summed E-state index contributed by atoms with van der Waals surface area (Å²) in [6.45, 7) is 3.42. The van der Waals surface area contributed by atoms with Gasteiger partial charge in [-0.3, -0.25) is 0 Å². The number of nitrogens with zero attached hydrogens (tertiary/aromatic N) is 2. The first-order chi connectivity index (χ1) is 7.19. The van der Waals surface area contributed by atoms with E-state index in [2.05, 4.69) is 21.5 Å². The molecule has 80 valence electrons. The molecule has 7 heteroatoms. The van der Waals surface area contributed by atoms with Crippen LogP contribution in [0.25, 0.3) is 0 Å². The van der Waals surface area contributed by atoms with Gasteiger partial charge in [0.15, 0.2) is 5.13 Å². The van der Waals surface area contributed by atoms with Gasteiger partial charge in [0, 0.05) is 5.38 Å². The lowest BCUT2D eigenvalue weighted by Gasteiger charge is -2.00. The third kappa shape index (κ3) is 2.78. The SMILES string of the molecule is C=CCOC(=O)/C(=N\O)c1csc(N)n1. The minimum absolute atomic E-state index is 0.0392. The highest BCUT2D eigenvalue weighted by molar-refractivity contribution is 7.13. The van der Waals surface area contributed by atoms with Crippen LogP contribution >= 0.6 is 11.3 Å². The molecule has 0 aliphatic carbocycles. The molecular formula is C8H9N3O3S. The fourth-order valence-corrected chi connectivity index (χ4v) is 1.34. The first-order valence-electron chi connectivity index (χ1n) is 3.90. The maximum atomic E-state index is 11.3. The number of carbonyl (C=O) groups excluding carboxylic acids is 1. The van der Waals surface area contributed by atoms with Crippen LogP contribution in [0.4, 0.5) is 5.13 Å². The number of nitrogens with two attached hydrogens (primary N) is 1. The molecule has 3 N–H and O–H groups in total. The molecule has 0 saturated carbocycles. The van der Waals surface area contributed by atoms with Crippen molar-refractivity contribution in [1.82, 2.24) is 4.98 Å². The standard InChI is InChI=1S/C8H9N3O3S/c1-2-3-14-7(12)6(11-13)5-4-15-8(9)10-5/h2,4,13H,1,3H2,(H2,9,10)/b11-6-. The zero-order valence-corrected chi connectivity index (χ0v) is 8.53. The summed E-state index contributed by atoms with van der Waals surface area (Å²) >= 11 is 1.14. The van der Waals surface area contributed by atoms with Crippen molar-refractivity contribution in [2.45, 2.75) is 0 Å². The number of ether oxygens (including phenoxy) is 1. The second-order valence-electron chi connectivity index (χ2n) is 2.41. The van der Waals surface area contributed by atoms with Gasteiger partial charge in [-0.25, -0.2) is 9.78 Å². The van der Waals surface area contributed by atoms with E-state index in [1.807, 2.05) is 0 Å². The van der Waals surface area contributed by atoms with Crippen LogP contribution in [0.1, 0.15) is 5.69 Å². The Morgan fingerprint density at radius 2 is 2.60 bits per heavy atom. The number of hydrogen-bond donors (Lipinski definition) is 2. The summed E-state index contributed by atoms with van der Waals surface area (Å²) in [5.41, 5.74) is 5.29. The molecule has 1 aromatic rings. The Morgan fingerprint density at radius 3 is 3.07 bits per heavy atom. The van der Waals surface area contributed by atoms with Crippen LogP contribution in [-0.2, 0) is 9.53 Å². The van der Waals surface area contributed by atoms with E-state index in [-0.39, 0.29) is 23.1 Å². The van der Waals surface area contributed by atoms with E-state index in [4.69, 9.17) is 10.9 Å². The van der Waals surface area contributed by atoms with Crippen LogP contribution in [-0.4, -0.2) is 28.5 Å². The minimum Gasteiger partial charge on any atom is -0.457 e. The Labute approximate surface area is 89.7 Å². The zero-order chi connectivity index (χ0) is 11.3. The lowest BCUT2D eigenvalue weighted by molar-refractivity contribution is -0.134. The normalized spacial score (nSPS) is 11.1. The van der Waals surface area contributed by atoms with Crippen molar-refractivity contribution < 1.29 is 14.7 Å². The molecule has 0 aliphatic rings. The Bertz CT molecular complexity index is 400. The number of hydrogen-bond acceptors (Lipinski definition) is 7. The smallest absolute Gasteiger partial charge is 0.363 e. The molecule has 15 heavy (non-hydrogen) atoms. The van der Waals surface area contributed by atoms with Gasteiger partial charge in [0.2, 0.25) is 5.71 Å². The monoisotopic (exact) mass is 227 g/mol. The number of carbonyl (C=O) groups is 1. The first kappa shape index (κ1) is 11.2. The summed E-state index contributed by atoms with van der Waals surface area (Å²) in [6.07, 6.45) is 1.41. The Balaban J connectivity index is 2.81. The molecule has 1 aromatic heterocycles. The minimum atomic E-state index is -0.775. The molecule has 6 nitrogen and oxygen atoms in total. The van der Waals surface area contributed by atoms with E-state index in [0.717, 1.165) is 11.3 Å². The predicted molar refractivity (Wildman–Crippen MR) is 56.0 cm³/mol. The average Bonchev–Trinajstić information content (AvgIpc) is 2.63. The second-order valence-corrected chi connectivity index (χ2v) is 3.30. The van der Waals surface area contributed by atoms with Crippen molar-refractivity contribution >= 4 is 28.1 Å². The number of esters is 1. The molecular weight excluding hydrogens is 218 g/mol. The van der Waals surface area contributed by atoms with Crippen LogP contribution in [0.2, 0.25) is 0 Å². The molecule has 0 unspecified atom stereocenters. The molecule has 1 rings (SSSR count). The van der Waals surface area contributed by atoms with Crippen LogP contribution in [0.15, 0.2) is 23.2 Å². The lowest BCUT2D eigenvalue weighted by atomic mass is 10.3. The van der Waals surface area contributed by atoms with Crippen LogP contribution in [0, 0.1) is 0 Å². The fraction of sp³-hybridized carbons (Fsp3) is 0.125. The van der Waals surface area contributed by atoms with Gasteiger partial charge in [0.25, 0.3) is 0 Å². The van der Waals surface area contributed by atoms with Crippen molar-refractivity contribution in [2.24, 2.45) is 5.16 Å². The Kier molecular flexibility index (Phi) is 3.81. The van der Waals surface area contributed by atoms with Crippen LogP contribution in [0.3, 0.4) is 0 Å². The zero-order valence-electron chi connectivity index (χ0n) is 7.71. The van der Waals surface area contributed by atoms with Crippen LogP contribution in [0.5, 0.6) is 0 Å². The summed E-state index contributed by atoms with van der Waals surface area (Å²) in [7, 11) is 0. The molecule has 0 fully saturated rings. The van der Waals surface area contributed by atoms with Gasteiger partial charge in [-0.05, 0) is 0 Å². The molecule has 0 spiro atoms. The largest absolute Gasteiger partial charge is 0.457 e. The van der Waals surface area contributed by atoms with Gasteiger partial charge in [0.05, 0.1) is 0 Å². The number of rotatable bonds is 4. The number of oxime groups is 1. The third-order valence-electron chi connectivity index (χ3n) is 1.39. The average molecular weight is 227 g/mol. The second kappa shape index (κ2) is 5.11. The van der Waals surface area contributed by atoms with Gasteiger partial charge < -0.3 is 15.7 Å². The van der Waals surface area contributed by atoms with Crippen LogP contribution < -0.4 is 5.73 Å². The van der Waals surface area contributed by atoms with Gasteiger partial charge in [-0.2, -0.15) is 0 Å². The fourth-order valence-electron chi connectivity index (χ4n) is 0.796. The van der Waals surface area contributed by atoms with Crippen molar-refractivity contribution in [3.8, 4) is 0 Å². The van der Waals surface area contributed by atoms with E-state index < -0.39 is 5.97 Å². The highest BCUT2D eigenvalue weighted by Gasteiger charge is 2.18. The highest BCUT2D eigenvalue weighted by atomic mass is 32.1. The van der Waals surface area contributed by atoms with Gasteiger partial charge in [-0.1, -0.05) is 17.8 Å². The van der Waals surface area contributed by atoms with E-state index in [1.165, 1.54) is 11.5 Å². The molecule has 1 heterocycles. The van der Waals surface area contributed by atoms with Gasteiger partial charge in [-0.15, -0.1) is 11.3 Å². The summed E-state index contributed by atoms with van der Waals surface area (Å²) in [6, 6.07) is 0. The molecule has 0 amide bonds. The Hall–Kier alpha value is -1.89. The van der Waals surface area contributed by atoms with Gasteiger partial charge in [0.1, 0.15) is 12.3 Å². The highest BCUT2D eigenvalue weighted by Crippen LogP contribution is 2.12. The third-order valence-corrected chi connectivity index (χ3v) is 2.06. The molecule has 0 bridgehead atoms. The van der Waals surface area contributed by atoms with E-state index in [9.17, 15) is 4.79 Å². The number of thiazole rings is 1. The molecule has 0 aliphatic heterocycles. The van der Waals surface area contributed by atoms with E-state index in [1.54, 1.807) is 0 Å².